The second kappa shape index (κ2) is 7.51. The summed E-state index contributed by atoms with van der Waals surface area (Å²) in [6, 6.07) is 13.7. The van der Waals surface area contributed by atoms with Gasteiger partial charge < -0.3 is 10.1 Å². The van der Waals surface area contributed by atoms with Crippen molar-refractivity contribution < 1.29 is 17.9 Å². The second-order valence-electron chi connectivity index (χ2n) is 7.57. The first kappa shape index (κ1) is 19.4. The fraction of sp³-hybridized carbons (Fsp3) is 0.333. The van der Waals surface area contributed by atoms with Crippen molar-refractivity contribution in [3.05, 3.63) is 59.7 Å². The van der Waals surface area contributed by atoms with Gasteiger partial charge in [-0.2, -0.15) is 0 Å². The summed E-state index contributed by atoms with van der Waals surface area (Å²) in [6.45, 7) is 4.13. The molecule has 152 valence electrons. The molecule has 2 aromatic carbocycles. The Morgan fingerprint density at radius 3 is 2.69 bits per heavy atom. The van der Waals surface area contributed by atoms with Gasteiger partial charge in [-0.15, -0.1) is 0 Å². The van der Waals surface area contributed by atoms with Crippen molar-refractivity contribution in [2.75, 3.05) is 6.54 Å². The van der Waals surface area contributed by atoms with Crippen LogP contribution in [0.2, 0.25) is 0 Å². The van der Waals surface area contributed by atoms with Crippen LogP contribution in [0.1, 0.15) is 25.0 Å². The van der Waals surface area contributed by atoms with Crippen LogP contribution in [0.4, 0.5) is 0 Å². The number of ether oxygens (including phenoxy) is 1. The minimum atomic E-state index is -3.64. The first-order chi connectivity index (χ1) is 13.8. The predicted octanol–water partition coefficient (Wildman–Crippen LogP) is 1.87. The number of benzene rings is 2. The lowest BCUT2D eigenvalue weighted by molar-refractivity contribution is -0.123. The van der Waals surface area contributed by atoms with Gasteiger partial charge in [0.15, 0.2) is 0 Å². The first-order valence-electron chi connectivity index (χ1n) is 9.57. The van der Waals surface area contributed by atoms with Crippen molar-refractivity contribution in [3.8, 4) is 5.75 Å². The van der Waals surface area contributed by atoms with E-state index in [1.54, 1.807) is 18.2 Å². The van der Waals surface area contributed by atoms with E-state index in [0.29, 0.717) is 12.1 Å². The quantitative estimate of drug-likeness (QED) is 0.782. The molecule has 2 atom stereocenters. The molecular formula is C21H23N3O4S. The van der Waals surface area contributed by atoms with Crippen LogP contribution in [0.15, 0.2) is 58.4 Å². The Hall–Kier alpha value is -2.87. The first-order valence-corrected chi connectivity index (χ1v) is 11.1. The molecule has 0 spiro atoms. The number of nitrogens with one attached hydrogen (secondary N) is 2. The molecule has 0 bridgehead atoms. The molecule has 1 unspecified atom stereocenters. The largest absolute Gasteiger partial charge is 0.488 e. The fourth-order valence-electron chi connectivity index (χ4n) is 3.57. The smallest absolute Gasteiger partial charge is 0.263 e. The zero-order valence-corrected chi connectivity index (χ0v) is 17.1. The van der Waals surface area contributed by atoms with Gasteiger partial charge in [0.1, 0.15) is 23.7 Å². The Bertz CT molecular complexity index is 1050. The topological polar surface area (TPSA) is 96.9 Å². The highest BCUT2D eigenvalue weighted by atomic mass is 32.2. The van der Waals surface area contributed by atoms with Crippen molar-refractivity contribution in [3.63, 3.8) is 0 Å². The summed E-state index contributed by atoms with van der Waals surface area (Å²) in [7, 11) is -3.64. The molecule has 2 aliphatic rings. The highest BCUT2D eigenvalue weighted by Gasteiger charge is 2.33. The van der Waals surface area contributed by atoms with E-state index in [2.05, 4.69) is 15.0 Å². The number of amides is 1. The minimum Gasteiger partial charge on any atom is -0.488 e. The molecule has 2 heterocycles. The summed E-state index contributed by atoms with van der Waals surface area (Å²) in [6.07, 6.45) is 0.618. The lowest BCUT2D eigenvalue weighted by Gasteiger charge is -2.19. The fourth-order valence-corrected chi connectivity index (χ4v) is 4.81. The van der Waals surface area contributed by atoms with E-state index in [1.165, 1.54) is 6.07 Å². The summed E-state index contributed by atoms with van der Waals surface area (Å²) >= 11 is 0. The van der Waals surface area contributed by atoms with Crippen LogP contribution in [0.3, 0.4) is 0 Å². The van der Waals surface area contributed by atoms with Crippen LogP contribution >= 0.6 is 0 Å². The van der Waals surface area contributed by atoms with Gasteiger partial charge in [-0.25, -0.2) is 8.42 Å². The monoisotopic (exact) mass is 413 g/mol. The molecule has 2 aliphatic heterocycles. The van der Waals surface area contributed by atoms with E-state index >= 15 is 0 Å². The van der Waals surface area contributed by atoms with Gasteiger partial charge in [-0.1, -0.05) is 44.2 Å². The number of amidine groups is 1. The van der Waals surface area contributed by atoms with Gasteiger partial charge in [0.2, 0.25) is 5.91 Å². The molecule has 7 nitrogen and oxygen atoms in total. The predicted molar refractivity (Wildman–Crippen MR) is 109 cm³/mol. The molecule has 2 aromatic rings. The Morgan fingerprint density at radius 1 is 1.21 bits per heavy atom. The SMILES string of the molecule is CC(C)[C@H](N=C1NS(=O)(=O)c2ccccc21)C(=O)NCC1Cc2ccccc2O1. The Morgan fingerprint density at radius 2 is 1.93 bits per heavy atom. The van der Waals surface area contributed by atoms with Crippen LogP contribution in [-0.2, 0) is 21.2 Å². The summed E-state index contributed by atoms with van der Waals surface area (Å²) in [5.74, 6) is 0.695. The molecule has 0 fully saturated rings. The number of rotatable bonds is 5. The van der Waals surface area contributed by atoms with Crippen molar-refractivity contribution in [1.82, 2.24) is 10.0 Å². The number of sulfonamides is 1. The molecule has 0 aromatic heterocycles. The van der Waals surface area contributed by atoms with Crippen molar-refractivity contribution in [2.24, 2.45) is 10.9 Å². The second-order valence-corrected chi connectivity index (χ2v) is 9.22. The van der Waals surface area contributed by atoms with E-state index in [-0.39, 0.29) is 28.7 Å². The van der Waals surface area contributed by atoms with Gasteiger partial charge in [0.05, 0.1) is 11.4 Å². The van der Waals surface area contributed by atoms with Gasteiger partial charge in [0, 0.05) is 12.0 Å². The number of hydrogen-bond donors (Lipinski definition) is 2. The summed E-state index contributed by atoms with van der Waals surface area (Å²) in [5.41, 5.74) is 1.62. The number of carbonyl (C=O) groups excluding carboxylic acids is 1. The van der Waals surface area contributed by atoms with Gasteiger partial charge in [-0.05, 0) is 29.7 Å². The van der Waals surface area contributed by atoms with Crippen LogP contribution in [-0.4, -0.2) is 38.9 Å². The average molecular weight is 413 g/mol. The Balaban J connectivity index is 1.47. The Kier molecular flexibility index (Phi) is 5.04. The molecule has 4 rings (SSSR count). The number of nitrogens with zero attached hydrogens (tertiary/aromatic N) is 1. The number of para-hydroxylation sites is 1. The van der Waals surface area contributed by atoms with E-state index in [4.69, 9.17) is 4.74 Å². The summed E-state index contributed by atoms with van der Waals surface area (Å²) in [4.78, 5) is 17.5. The van der Waals surface area contributed by atoms with Crippen LogP contribution < -0.4 is 14.8 Å². The lowest BCUT2D eigenvalue weighted by Crippen LogP contribution is -2.42. The van der Waals surface area contributed by atoms with Crippen molar-refractivity contribution >= 4 is 21.8 Å². The molecule has 8 heteroatoms. The van der Waals surface area contributed by atoms with Crippen LogP contribution in [0, 0.1) is 5.92 Å². The molecule has 29 heavy (non-hydrogen) atoms. The van der Waals surface area contributed by atoms with Gasteiger partial charge in [0.25, 0.3) is 10.0 Å². The van der Waals surface area contributed by atoms with Crippen LogP contribution in [0.5, 0.6) is 5.75 Å². The van der Waals surface area contributed by atoms with E-state index in [0.717, 1.165) is 17.7 Å². The average Bonchev–Trinajstić information content (AvgIpc) is 3.22. The zero-order chi connectivity index (χ0) is 20.6. The number of hydrogen-bond acceptors (Lipinski definition) is 5. The maximum atomic E-state index is 12.8. The molecule has 0 saturated heterocycles. The van der Waals surface area contributed by atoms with Gasteiger partial charge in [-0.3, -0.25) is 14.5 Å². The third kappa shape index (κ3) is 3.85. The third-order valence-electron chi connectivity index (χ3n) is 5.05. The summed E-state index contributed by atoms with van der Waals surface area (Å²) in [5, 5.41) is 2.91. The van der Waals surface area contributed by atoms with E-state index in [1.807, 2.05) is 38.1 Å². The van der Waals surface area contributed by atoms with E-state index < -0.39 is 16.1 Å². The molecular weight excluding hydrogens is 390 g/mol. The molecule has 1 amide bonds. The van der Waals surface area contributed by atoms with Crippen molar-refractivity contribution in [2.45, 2.75) is 37.3 Å². The molecule has 0 aliphatic carbocycles. The van der Waals surface area contributed by atoms with E-state index in [9.17, 15) is 13.2 Å². The number of fused-ring (bicyclic) bond motifs is 2. The lowest BCUT2D eigenvalue weighted by atomic mass is 10.0. The highest BCUT2D eigenvalue weighted by Crippen LogP contribution is 2.28. The zero-order valence-electron chi connectivity index (χ0n) is 16.3. The standard InChI is InChI=1S/C21H23N3O4S/c1-13(2)19(23-20-16-8-4-6-10-18(16)29(26,27)24-20)21(25)22-12-15-11-14-7-3-5-9-17(14)28-15/h3-10,13,15,19H,11-12H2,1-2H3,(H,22,25)(H,23,24)/t15?,19-/m0/s1. The van der Waals surface area contributed by atoms with Crippen LogP contribution in [0.25, 0.3) is 0 Å². The normalized spacial score (nSPS) is 21.2. The maximum absolute atomic E-state index is 12.8. The van der Waals surface area contributed by atoms with Crippen molar-refractivity contribution in [1.29, 1.82) is 0 Å². The Labute approximate surface area is 170 Å². The highest BCUT2D eigenvalue weighted by molar-refractivity contribution is 7.90. The number of aliphatic imine (C=N–C) groups is 1. The molecule has 0 saturated carbocycles. The molecule has 0 radical (unpaired) electrons. The maximum Gasteiger partial charge on any atom is 0.263 e. The number of carbonyl (C=O) groups is 1. The minimum absolute atomic E-state index is 0.110. The van der Waals surface area contributed by atoms with Gasteiger partial charge >= 0.3 is 0 Å². The molecule has 2 N–H and O–H groups in total. The summed E-state index contributed by atoms with van der Waals surface area (Å²) < 4.78 is 32.9. The third-order valence-corrected chi connectivity index (χ3v) is 6.45.